The van der Waals surface area contributed by atoms with Gasteiger partial charge < -0.3 is 14.8 Å². The molecule has 0 aliphatic carbocycles. The van der Waals surface area contributed by atoms with Gasteiger partial charge in [-0.05, 0) is 20.3 Å². The van der Waals surface area contributed by atoms with Gasteiger partial charge in [0.05, 0.1) is 18.3 Å². The molecule has 1 amide bonds. The smallest absolute Gasteiger partial charge is 0.256 e. The van der Waals surface area contributed by atoms with Crippen LogP contribution in [0.15, 0.2) is 12.5 Å². The third kappa shape index (κ3) is 3.96. The number of likely N-dealkylation sites (tertiary alicyclic amines) is 1. The van der Waals surface area contributed by atoms with Crippen molar-refractivity contribution in [3.8, 4) is 11.4 Å². The molecule has 9 nitrogen and oxygen atoms in total. The number of anilines is 1. The van der Waals surface area contributed by atoms with Crippen molar-refractivity contribution in [3.05, 3.63) is 18.2 Å². The quantitative estimate of drug-likeness (QED) is 0.617. The molecule has 3 aromatic rings. The first-order valence-corrected chi connectivity index (χ1v) is 10.5. The van der Waals surface area contributed by atoms with Crippen LogP contribution in [0.5, 0.6) is 0 Å². The summed E-state index contributed by atoms with van der Waals surface area (Å²) in [6.07, 6.45) is 1.69. The van der Waals surface area contributed by atoms with E-state index in [1.165, 1.54) is 10.9 Å². The molecule has 0 aromatic carbocycles. The first-order chi connectivity index (χ1) is 14.9. The van der Waals surface area contributed by atoms with Crippen molar-refractivity contribution in [1.29, 1.82) is 0 Å². The number of nitrogens with one attached hydrogen (secondary N) is 1. The third-order valence-electron chi connectivity index (χ3n) is 5.68. The first kappa shape index (κ1) is 21.1. The number of imidazole rings is 1. The first-order valence-electron chi connectivity index (χ1n) is 10.5. The van der Waals surface area contributed by atoms with Gasteiger partial charge in [0.15, 0.2) is 17.0 Å². The molecule has 1 fully saturated rings. The van der Waals surface area contributed by atoms with Gasteiger partial charge in [0.1, 0.15) is 12.2 Å². The lowest BCUT2D eigenvalue weighted by molar-refractivity contribution is -0.129. The molecule has 3 aromatic heterocycles. The van der Waals surface area contributed by atoms with Gasteiger partial charge in [-0.25, -0.2) is 23.7 Å². The maximum absolute atomic E-state index is 13.4. The Balaban J connectivity index is 1.73. The van der Waals surface area contributed by atoms with Crippen molar-refractivity contribution in [1.82, 2.24) is 34.2 Å². The van der Waals surface area contributed by atoms with E-state index < -0.39 is 13.0 Å². The number of nitrogens with zero attached hydrogens (tertiary/aromatic N) is 7. The summed E-state index contributed by atoms with van der Waals surface area (Å²) >= 11 is 0. The second-order valence-corrected chi connectivity index (χ2v) is 7.61. The van der Waals surface area contributed by atoms with Crippen LogP contribution in [0, 0.1) is 6.92 Å². The predicted molar refractivity (Wildman–Crippen MR) is 112 cm³/mol. The number of carbonyl (C=O) groups is 1. The van der Waals surface area contributed by atoms with Crippen LogP contribution in [-0.2, 0) is 17.9 Å². The summed E-state index contributed by atoms with van der Waals surface area (Å²) in [7, 11) is 0. The zero-order valence-electron chi connectivity index (χ0n) is 17.8. The van der Waals surface area contributed by atoms with E-state index in [9.17, 15) is 13.6 Å². The fourth-order valence-electron chi connectivity index (χ4n) is 4.07. The van der Waals surface area contributed by atoms with E-state index in [1.807, 2.05) is 25.7 Å². The maximum atomic E-state index is 13.4. The van der Waals surface area contributed by atoms with Crippen LogP contribution in [0.25, 0.3) is 22.6 Å². The molecule has 1 atom stereocenters. The summed E-state index contributed by atoms with van der Waals surface area (Å²) in [4.78, 5) is 27.0. The van der Waals surface area contributed by atoms with Crippen molar-refractivity contribution in [2.24, 2.45) is 0 Å². The maximum Gasteiger partial charge on any atom is 0.256 e. The average molecular weight is 432 g/mol. The minimum Gasteiger partial charge on any atom is -0.364 e. The molecule has 0 radical (unpaired) electrons. The number of fused-ring (bicyclic) bond motifs is 1. The normalized spacial score (nSPS) is 16.6. The van der Waals surface area contributed by atoms with E-state index in [4.69, 9.17) is 0 Å². The molecule has 31 heavy (non-hydrogen) atoms. The average Bonchev–Trinajstić information content (AvgIpc) is 3.45. The molecule has 4 heterocycles. The molecule has 0 saturated carbocycles. The molecule has 4 rings (SSSR count). The van der Waals surface area contributed by atoms with Crippen LogP contribution in [0.2, 0.25) is 0 Å². The number of aromatic nitrogens is 6. The largest absolute Gasteiger partial charge is 0.364 e. The van der Waals surface area contributed by atoms with Crippen LogP contribution < -0.4 is 5.32 Å². The lowest BCUT2D eigenvalue weighted by atomic mass is 10.2. The lowest BCUT2D eigenvalue weighted by Gasteiger charge is -2.16. The number of alkyl halides is 2. The van der Waals surface area contributed by atoms with Crippen LogP contribution in [0.1, 0.15) is 32.4 Å². The Morgan fingerprint density at radius 1 is 1.32 bits per heavy atom. The van der Waals surface area contributed by atoms with Crippen LogP contribution in [-0.4, -0.2) is 65.7 Å². The lowest BCUT2D eigenvalue weighted by Crippen LogP contribution is -2.31. The molecule has 0 spiro atoms. The van der Waals surface area contributed by atoms with Gasteiger partial charge in [-0.1, -0.05) is 6.92 Å². The van der Waals surface area contributed by atoms with Crippen molar-refractivity contribution < 1.29 is 13.6 Å². The highest BCUT2D eigenvalue weighted by molar-refractivity contribution is 5.86. The van der Waals surface area contributed by atoms with Gasteiger partial charge in [-0.15, -0.1) is 0 Å². The minimum atomic E-state index is -2.56. The Morgan fingerprint density at radius 2 is 2.13 bits per heavy atom. The van der Waals surface area contributed by atoms with Crippen molar-refractivity contribution in [2.45, 2.75) is 59.2 Å². The molecule has 1 unspecified atom stereocenters. The molecule has 1 aliphatic heterocycles. The molecule has 11 heteroatoms. The Morgan fingerprint density at radius 3 is 2.81 bits per heavy atom. The summed E-state index contributed by atoms with van der Waals surface area (Å²) in [6, 6.07) is 0.0156. The molecule has 166 valence electrons. The fourth-order valence-corrected chi connectivity index (χ4v) is 4.07. The van der Waals surface area contributed by atoms with Crippen LogP contribution in [0.4, 0.5) is 14.6 Å². The molecular formula is C20H26F2N8O. The number of aryl methyl sites for hydroxylation is 1. The van der Waals surface area contributed by atoms with E-state index in [2.05, 4.69) is 25.4 Å². The van der Waals surface area contributed by atoms with Crippen LogP contribution in [0.3, 0.4) is 0 Å². The second-order valence-electron chi connectivity index (χ2n) is 7.61. The van der Waals surface area contributed by atoms with E-state index in [-0.39, 0.29) is 11.9 Å². The highest BCUT2D eigenvalue weighted by Gasteiger charge is 2.27. The molecular weight excluding hydrogens is 406 g/mol. The number of amides is 1. The monoisotopic (exact) mass is 432 g/mol. The van der Waals surface area contributed by atoms with Crippen molar-refractivity contribution in [3.63, 3.8) is 0 Å². The minimum absolute atomic E-state index is 0.0156. The highest BCUT2D eigenvalue weighted by Crippen LogP contribution is 2.30. The third-order valence-corrected chi connectivity index (χ3v) is 5.68. The summed E-state index contributed by atoms with van der Waals surface area (Å²) < 4.78 is 30.0. The Kier molecular flexibility index (Phi) is 5.84. The molecule has 1 saturated heterocycles. The Labute approximate surface area is 178 Å². The molecule has 1 N–H and O–H groups in total. The van der Waals surface area contributed by atoms with Gasteiger partial charge in [0, 0.05) is 37.8 Å². The number of halogens is 2. The van der Waals surface area contributed by atoms with Crippen LogP contribution >= 0.6 is 0 Å². The summed E-state index contributed by atoms with van der Waals surface area (Å²) in [5, 5.41) is 7.67. The number of rotatable bonds is 7. The summed E-state index contributed by atoms with van der Waals surface area (Å²) in [6.45, 7) is 7.10. The van der Waals surface area contributed by atoms with E-state index in [0.29, 0.717) is 54.4 Å². The van der Waals surface area contributed by atoms with Gasteiger partial charge in [-0.3, -0.25) is 9.48 Å². The summed E-state index contributed by atoms with van der Waals surface area (Å²) in [5.74, 6) is 0.991. The van der Waals surface area contributed by atoms with E-state index in [0.717, 1.165) is 12.1 Å². The second kappa shape index (κ2) is 8.56. The van der Waals surface area contributed by atoms with Gasteiger partial charge in [0.2, 0.25) is 5.91 Å². The summed E-state index contributed by atoms with van der Waals surface area (Å²) in [5.41, 5.74) is 2.31. The van der Waals surface area contributed by atoms with Crippen molar-refractivity contribution >= 4 is 22.9 Å². The van der Waals surface area contributed by atoms with E-state index >= 15 is 0 Å². The zero-order valence-corrected chi connectivity index (χ0v) is 17.8. The SMILES string of the molecule is CCC(=O)N1CCC(Nc2ncnc3c2nc(-c2cnn(CC)c2C)n3CC(F)F)C1. The Bertz CT molecular complexity index is 1090. The van der Waals surface area contributed by atoms with E-state index in [1.54, 1.807) is 10.9 Å². The standard InChI is InChI=1S/C20H26F2N8O/c1-4-16(31)28-7-6-13(9-28)26-18-17-20(24-11-23-18)29(10-15(21)22)19(27-17)14-8-25-30(5-2)12(14)3/h8,11,13,15H,4-7,9-10H2,1-3H3,(H,23,24,26). The fraction of sp³-hybridized carbons (Fsp3) is 0.550. The highest BCUT2D eigenvalue weighted by atomic mass is 19.3. The van der Waals surface area contributed by atoms with Gasteiger partial charge in [-0.2, -0.15) is 5.10 Å². The topological polar surface area (TPSA) is 93.8 Å². The Hall–Kier alpha value is -3.11. The molecule has 0 bridgehead atoms. The molecule has 1 aliphatic rings. The van der Waals surface area contributed by atoms with Gasteiger partial charge >= 0.3 is 0 Å². The number of hydrogen-bond donors (Lipinski definition) is 1. The number of hydrogen-bond acceptors (Lipinski definition) is 6. The number of carbonyl (C=O) groups excluding carboxylic acids is 1. The zero-order chi connectivity index (χ0) is 22.1. The van der Waals surface area contributed by atoms with Gasteiger partial charge in [0.25, 0.3) is 6.43 Å². The van der Waals surface area contributed by atoms with Crippen molar-refractivity contribution in [2.75, 3.05) is 18.4 Å². The predicted octanol–water partition coefficient (Wildman–Crippen LogP) is 2.71.